The fraction of sp³-hybridized carbons (Fsp3) is 0.600. The highest BCUT2D eigenvalue weighted by Gasteiger charge is 2.29. The molecule has 0 aliphatic heterocycles. The van der Waals surface area contributed by atoms with E-state index in [9.17, 15) is 24.2 Å². The molecule has 1 amide bonds. The van der Waals surface area contributed by atoms with Gasteiger partial charge in [0.1, 0.15) is 17.3 Å². The molecule has 2 aromatic carbocycles. The van der Waals surface area contributed by atoms with Crippen LogP contribution in [0.15, 0.2) is 48.5 Å². The quantitative estimate of drug-likeness (QED) is 0.221. The molecule has 41 heavy (non-hydrogen) atoms. The highest BCUT2D eigenvalue weighted by atomic mass is 19.1. The largest absolute Gasteiger partial charge is 0.507 e. The maximum Gasteiger partial charge on any atom is 0.255 e. The molecule has 0 unspecified atom stereocenters. The normalized spacial score (nSPS) is 18.9. The van der Waals surface area contributed by atoms with Crippen LogP contribution < -0.4 is 5.32 Å². The summed E-state index contributed by atoms with van der Waals surface area (Å²) in [5.74, 6) is -0.320. The number of rotatable bonds is 14. The second-order valence-electron chi connectivity index (χ2n) is 12.5. The number of carbonyl (C=O) groups is 2. The monoisotopic (exact) mass is 565 g/mol. The molecular formula is C35H48FNO4. The standard InChI is InChI=1S/C35H48FNO4/c36-29-19-20-30(33(39)24-29)35(41)37-31(21-26-13-6-2-7-14-26)34(40)23-27(16-10-15-25-11-4-1-5-12-25)22-32(38)28-17-8-3-9-18-28/h2,6-7,13-14,19-20,24-25,27-28,31,34,39-40H,1,3-5,8-12,15-18,21-23H2,(H,37,41)/t27-,31+,34+/m1/s1. The van der Waals surface area contributed by atoms with Gasteiger partial charge in [-0.05, 0) is 61.6 Å². The van der Waals surface area contributed by atoms with E-state index in [4.69, 9.17) is 0 Å². The van der Waals surface area contributed by atoms with E-state index >= 15 is 0 Å². The van der Waals surface area contributed by atoms with Crippen LogP contribution in [0.1, 0.15) is 112 Å². The molecule has 0 aromatic heterocycles. The van der Waals surface area contributed by atoms with E-state index in [0.717, 1.165) is 62.1 Å². The number of amides is 1. The number of hydrogen-bond donors (Lipinski definition) is 3. The second kappa shape index (κ2) is 16.1. The van der Waals surface area contributed by atoms with Gasteiger partial charge in [-0.15, -0.1) is 0 Å². The molecule has 2 aliphatic carbocycles. The summed E-state index contributed by atoms with van der Waals surface area (Å²) in [6.45, 7) is 0. The van der Waals surface area contributed by atoms with Crippen molar-refractivity contribution in [1.29, 1.82) is 0 Å². The van der Waals surface area contributed by atoms with Crippen LogP contribution in [-0.4, -0.2) is 34.0 Å². The van der Waals surface area contributed by atoms with Gasteiger partial charge in [0.05, 0.1) is 17.7 Å². The number of aliphatic hydroxyl groups is 1. The van der Waals surface area contributed by atoms with Crippen molar-refractivity contribution in [3.8, 4) is 5.75 Å². The number of Topliss-reactive ketones (excluding diaryl/α,β-unsaturated/α-hetero) is 1. The summed E-state index contributed by atoms with van der Waals surface area (Å²) in [6.07, 6.45) is 15.5. The Bertz CT molecular complexity index is 1090. The van der Waals surface area contributed by atoms with Crippen LogP contribution in [0, 0.1) is 23.6 Å². The smallest absolute Gasteiger partial charge is 0.255 e. The molecule has 224 valence electrons. The molecule has 0 spiro atoms. The van der Waals surface area contributed by atoms with E-state index in [0.29, 0.717) is 25.0 Å². The number of nitrogens with one attached hydrogen (secondary N) is 1. The van der Waals surface area contributed by atoms with Crippen LogP contribution in [0.3, 0.4) is 0 Å². The van der Waals surface area contributed by atoms with Gasteiger partial charge in [0.2, 0.25) is 0 Å². The topological polar surface area (TPSA) is 86.6 Å². The third kappa shape index (κ3) is 9.95. The van der Waals surface area contributed by atoms with Crippen LogP contribution in [0.2, 0.25) is 0 Å². The second-order valence-corrected chi connectivity index (χ2v) is 12.5. The molecule has 0 radical (unpaired) electrons. The van der Waals surface area contributed by atoms with Crippen molar-refractivity contribution in [3.63, 3.8) is 0 Å². The summed E-state index contributed by atoms with van der Waals surface area (Å²) in [5, 5.41) is 24.7. The Balaban J connectivity index is 1.46. The minimum Gasteiger partial charge on any atom is -0.507 e. The van der Waals surface area contributed by atoms with Gasteiger partial charge in [0.25, 0.3) is 5.91 Å². The lowest BCUT2D eigenvalue weighted by Crippen LogP contribution is -2.45. The summed E-state index contributed by atoms with van der Waals surface area (Å²) >= 11 is 0. The third-order valence-corrected chi connectivity index (χ3v) is 9.36. The number of aliphatic hydroxyl groups excluding tert-OH is 1. The van der Waals surface area contributed by atoms with Crippen molar-refractivity contribution in [2.45, 2.75) is 115 Å². The number of ketones is 1. The summed E-state index contributed by atoms with van der Waals surface area (Å²) in [5.41, 5.74) is 0.931. The van der Waals surface area contributed by atoms with Crippen molar-refractivity contribution < 1.29 is 24.2 Å². The zero-order valence-corrected chi connectivity index (χ0v) is 24.4. The highest BCUT2D eigenvalue weighted by Crippen LogP contribution is 2.32. The molecule has 0 saturated heterocycles. The molecule has 2 aromatic rings. The predicted molar refractivity (Wildman–Crippen MR) is 160 cm³/mol. The summed E-state index contributed by atoms with van der Waals surface area (Å²) < 4.78 is 13.5. The van der Waals surface area contributed by atoms with Crippen molar-refractivity contribution in [2.75, 3.05) is 0 Å². The van der Waals surface area contributed by atoms with E-state index in [1.165, 1.54) is 51.0 Å². The van der Waals surface area contributed by atoms with Gasteiger partial charge < -0.3 is 15.5 Å². The van der Waals surface area contributed by atoms with Gasteiger partial charge >= 0.3 is 0 Å². The fourth-order valence-electron chi connectivity index (χ4n) is 6.95. The first-order valence-corrected chi connectivity index (χ1v) is 15.9. The Labute approximate surface area is 244 Å². The van der Waals surface area contributed by atoms with E-state index in [1.54, 1.807) is 0 Å². The Morgan fingerprint density at radius 3 is 2.29 bits per heavy atom. The predicted octanol–water partition coefficient (Wildman–Crippen LogP) is 7.53. The van der Waals surface area contributed by atoms with Crippen LogP contribution in [0.4, 0.5) is 4.39 Å². The van der Waals surface area contributed by atoms with E-state index < -0.39 is 29.6 Å². The van der Waals surface area contributed by atoms with Crippen molar-refractivity contribution in [3.05, 3.63) is 65.5 Å². The number of phenols is 1. The molecule has 2 saturated carbocycles. The first-order chi connectivity index (χ1) is 19.9. The Morgan fingerprint density at radius 2 is 1.61 bits per heavy atom. The number of benzene rings is 2. The first-order valence-electron chi connectivity index (χ1n) is 15.9. The minimum absolute atomic E-state index is 0.0341. The lowest BCUT2D eigenvalue weighted by molar-refractivity contribution is -0.125. The number of phenolic OH excluding ortho intramolecular Hbond substituents is 1. The lowest BCUT2D eigenvalue weighted by Gasteiger charge is -2.29. The maximum absolute atomic E-state index is 13.5. The van der Waals surface area contributed by atoms with Crippen LogP contribution in [0.25, 0.3) is 0 Å². The average molecular weight is 566 g/mol. The summed E-state index contributed by atoms with van der Waals surface area (Å²) in [4.78, 5) is 26.5. The van der Waals surface area contributed by atoms with Gasteiger partial charge in [-0.2, -0.15) is 0 Å². The first kappa shape index (κ1) is 31.2. The number of carbonyl (C=O) groups excluding carboxylic acids is 2. The average Bonchev–Trinajstić information content (AvgIpc) is 2.98. The van der Waals surface area contributed by atoms with Gasteiger partial charge in [-0.25, -0.2) is 4.39 Å². The molecule has 4 rings (SSSR count). The maximum atomic E-state index is 13.5. The van der Waals surface area contributed by atoms with E-state index in [1.807, 2.05) is 30.3 Å². The SMILES string of the molecule is O=C(N[C@@H](Cc1ccccc1)[C@@H](O)C[C@H](CCCC1CCCCC1)CC(=O)C1CCCCC1)c1ccc(F)cc1O. The molecular weight excluding hydrogens is 517 g/mol. The van der Waals surface area contributed by atoms with Crippen molar-refractivity contribution in [2.24, 2.45) is 17.8 Å². The van der Waals surface area contributed by atoms with Crippen LogP contribution in [0.5, 0.6) is 5.75 Å². The van der Waals surface area contributed by atoms with Gasteiger partial charge in [-0.1, -0.05) is 94.5 Å². The lowest BCUT2D eigenvalue weighted by atomic mass is 9.79. The van der Waals surface area contributed by atoms with E-state index in [-0.39, 0.29) is 17.4 Å². The number of halogens is 1. The number of hydrogen-bond acceptors (Lipinski definition) is 4. The molecule has 3 atom stereocenters. The highest BCUT2D eigenvalue weighted by molar-refractivity contribution is 5.97. The van der Waals surface area contributed by atoms with Gasteiger partial charge in [0, 0.05) is 18.4 Å². The van der Waals surface area contributed by atoms with Gasteiger partial charge in [0.15, 0.2) is 0 Å². The fourth-order valence-corrected chi connectivity index (χ4v) is 6.95. The number of aromatic hydroxyl groups is 1. The zero-order valence-electron chi connectivity index (χ0n) is 24.4. The third-order valence-electron chi connectivity index (χ3n) is 9.36. The Kier molecular flexibility index (Phi) is 12.2. The summed E-state index contributed by atoms with van der Waals surface area (Å²) in [6, 6.07) is 12.3. The van der Waals surface area contributed by atoms with Crippen molar-refractivity contribution in [1.82, 2.24) is 5.32 Å². The van der Waals surface area contributed by atoms with Gasteiger partial charge in [-0.3, -0.25) is 9.59 Å². The molecule has 2 aliphatic rings. The molecule has 5 nitrogen and oxygen atoms in total. The zero-order chi connectivity index (χ0) is 29.0. The molecule has 6 heteroatoms. The van der Waals surface area contributed by atoms with Crippen LogP contribution in [-0.2, 0) is 11.2 Å². The molecule has 3 N–H and O–H groups in total. The molecule has 0 bridgehead atoms. The van der Waals surface area contributed by atoms with Crippen molar-refractivity contribution >= 4 is 11.7 Å². The summed E-state index contributed by atoms with van der Waals surface area (Å²) in [7, 11) is 0. The minimum atomic E-state index is -0.874. The van der Waals surface area contributed by atoms with Crippen LogP contribution >= 0.6 is 0 Å². The molecule has 2 fully saturated rings. The Morgan fingerprint density at radius 1 is 0.927 bits per heavy atom. The van der Waals surface area contributed by atoms with E-state index in [2.05, 4.69) is 5.32 Å². The molecule has 0 heterocycles. The Hall–Kier alpha value is -2.73.